The van der Waals surface area contributed by atoms with E-state index in [1.165, 1.54) is 0 Å². The Morgan fingerprint density at radius 3 is 1.40 bits per heavy atom. The topological polar surface area (TPSA) is 95.2 Å². The SMILES string of the molecule is CC1c2cc(-c3ccccc3-c3ccccc3)c(-c3ccccc3-c3ccccc3)cc2C(c2ccc(C#N)cc2C#N)c2c(C#N)cc(C#N)cc21. The van der Waals surface area contributed by atoms with E-state index in [0.717, 1.165) is 66.8 Å². The molecule has 246 valence electrons. The van der Waals surface area contributed by atoms with Crippen LogP contribution in [-0.4, -0.2) is 0 Å². The fraction of sp³-hybridized carbons (Fsp3) is 0.0612. The summed E-state index contributed by atoms with van der Waals surface area (Å²) in [7, 11) is 0. The van der Waals surface area contributed by atoms with Crippen molar-refractivity contribution in [3.8, 4) is 68.8 Å². The first kappa shape index (κ1) is 32.7. The molecular weight excluding hydrogens is 645 g/mol. The molecule has 0 spiro atoms. The first-order valence-electron chi connectivity index (χ1n) is 17.4. The average molecular weight is 675 g/mol. The van der Waals surface area contributed by atoms with Gasteiger partial charge in [0, 0.05) is 11.8 Å². The quantitative estimate of drug-likeness (QED) is 0.181. The molecule has 53 heavy (non-hydrogen) atoms. The normalized spacial score (nSPS) is 14.1. The maximum atomic E-state index is 10.6. The molecule has 0 fully saturated rings. The number of hydrogen-bond acceptors (Lipinski definition) is 4. The predicted octanol–water partition coefficient (Wildman–Crippen LogP) is 11.5. The monoisotopic (exact) mass is 674 g/mol. The number of nitriles is 4. The van der Waals surface area contributed by atoms with Crippen LogP contribution in [-0.2, 0) is 0 Å². The van der Waals surface area contributed by atoms with E-state index in [2.05, 4.69) is 128 Å². The molecule has 0 amide bonds. The van der Waals surface area contributed by atoms with Crippen molar-refractivity contribution in [3.63, 3.8) is 0 Å². The lowest BCUT2D eigenvalue weighted by Gasteiger charge is -2.36. The highest BCUT2D eigenvalue weighted by Crippen LogP contribution is 2.52. The Kier molecular flexibility index (Phi) is 8.43. The smallest absolute Gasteiger partial charge is 0.0995 e. The summed E-state index contributed by atoms with van der Waals surface area (Å²) in [5, 5.41) is 40.9. The molecule has 1 aliphatic rings. The maximum Gasteiger partial charge on any atom is 0.0995 e. The third-order valence-electron chi connectivity index (χ3n) is 10.4. The third kappa shape index (κ3) is 5.63. The molecule has 0 radical (unpaired) electrons. The Bertz CT molecular complexity index is 2730. The lowest BCUT2D eigenvalue weighted by molar-refractivity contribution is 0.790. The standard InChI is InChI=1S/C49H30N4/c1-31-43-25-45(41-18-10-8-16-38(41)34-12-4-2-5-13-34)46(42-19-11-9-17-39(42)35-14-6-3-7-15-35)26-47(43)49(40-21-20-32(27-50)22-36(40)29-52)48-37(30-53)23-33(28-51)24-44(31)48/h2-26,31,49H,1H3. The third-order valence-corrected chi connectivity index (χ3v) is 10.4. The van der Waals surface area contributed by atoms with E-state index in [9.17, 15) is 21.0 Å². The van der Waals surface area contributed by atoms with Crippen LogP contribution in [0.15, 0.2) is 152 Å². The number of hydrogen-bond donors (Lipinski definition) is 0. The number of nitrogens with zero attached hydrogens (tertiary/aromatic N) is 4. The zero-order valence-electron chi connectivity index (χ0n) is 28.9. The van der Waals surface area contributed by atoms with Gasteiger partial charge < -0.3 is 0 Å². The van der Waals surface area contributed by atoms with E-state index in [-0.39, 0.29) is 5.92 Å². The molecule has 2 atom stereocenters. The van der Waals surface area contributed by atoms with Crippen LogP contribution >= 0.6 is 0 Å². The van der Waals surface area contributed by atoms with Gasteiger partial charge in [-0.3, -0.25) is 0 Å². The molecule has 0 aromatic heterocycles. The first-order chi connectivity index (χ1) is 26.0. The molecule has 0 bridgehead atoms. The van der Waals surface area contributed by atoms with Gasteiger partial charge in [0.2, 0.25) is 0 Å². The van der Waals surface area contributed by atoms with Crippen molar-refractivity contribution in [2.45, 2.75) is 18.8 Å². The van der Waals surface area contributed by atoms with Crippen LogP contribution in [0, 0.1) is 45.3 Å². The second-order valence-corrected chi connectivity index (χ2v) is 13.3. The van der Waals surface area contributed by atoms with Gasteiger partial charge in [0.1, 0.15) is 0 Å². The van der Waals surface area contributed by atoms with Gasteiger partial charge in [-0.1, -0.05) is 122 Å². The van der Waals surface area contributed by atoms with Gasteiger partial charge in [-0.15, -0.1) is 0 Å². The van der Waals surface area contributed by atoms with Gasteiger partial charge >= 0.3 is 0 Å². The van der Waals surface area contributed by atoms with E-state index in [4.69, 9.17) is 0 Å². The summed E-state index contributed by atoms with van der Waals surface area (Å²) < 4.78 is 0. The molecule has 0 saturated heterocycles. The predicted molar refractivity (Wildman–Crippen MR) is 208 cm³/mol. The van der Waals surface area contributed by atoms with Crippen molar-refractivity contribution in [2.75, 3.05) is 0 Å². The lowest BCUT2D eigenvalue weighted by Crippen LogP contribution is -2.21. The average Bonchev–Trinajstić information content (AvgIpc) is 3.23. The summed E-state index contributed by atoms with van der Waals surface area (Å²) >= 11 is 0. The molecule has 0 N–H and O–H groups in total. The summed E-state index contributed by atoms with van der Waals surface area (Å²) in [4.78, 5) is 0. The Hall–Kier alpha value is -7.50. The van der Waals surface area contributed by atoms with Crippen LogP contribution in [0.25, 0.3) is 44.5 Å². The second kappa shape index (κ2) is 13.7. The lowest BCUT2D eigenvalue weighted by atomic mass is 9.67. The zero-order chi connectivity index (χ0) is 36.5. The van der Waals surface area contributed by atoms with Gasteiger partial charge in [-0.05, 0) is 109 Å². The largest absolute Gasteiger partial charge is 0.192 e. The summed E-state index contributed by atoms with van der Waals surface area (Å²) in [6.45, 7) is 2.13. The molecule has 4 nitrogen and oxygen atoms in total. The molecule has 2 unspecified atom stereocenters. The summed E-state index contributed by atoms with van der Waals surface area (Å²) in [6.07, 6.45) is 0. The number of benzene rings is 7. The van der Waals surface area contributed by atoms with Gasteiger partial charge in [0.15, 0.2) is 0 Å². The van der Waals surface area contributed by atoms with E-state index in [1.807, 2.05) is 36.4 Å². The highest BCUT2D eigenvalue weighted by atomic mass is 14.4. The van der Waals surface area contributed by atoms with E-state index in [0.29, 0.717) is 27.8 Å². The van der Waals surface area contributed by atoms with E-state index >= 15 is 0 Å². The first-order valence-corrected chi connectivity index (χ1v) is 17.4. The van der Waals surface area contributed by atoms with E-state index < -0.39 is 5.92 Å². The van der Waals surface area contributed by atoms with Gasteiger partial charge in [-0.2, -0.15) is 21.0 Å². The Morgan fingerprint density at radius 1 is 0.377 bits per heavy atom. The van der Waals surface area contributed by atoms with Crippen LogP contribution in [0.4, 0.5) is 0 Å². The van der Waals surface area contributed by atoms with Crippen molar-refractivity contribution in [1.29, 1.82) is 21.0 Å². The fourth-order valence-corrected chi connectivity index (χ4v) is 8.01. The minimum absolute atomic E-state index is 0.179. The zero-order valence-corrected chi connectivity index (χ0v) is 28.9. The van der Waals surface area contributed by atoms with Crippen molar-refractivity contribution >= 4 is 0 Å². The molecule has 8 rings (SSSR count). The van der Waals surface area contributed by atoms with Crippen LogP contribution < -0.4 is 0 Å². The number of rotatable bonds is 5. The minimum Gasteiger partial charge on any atom is -0.192 e. The van der Waals surface area contributed by atoms with Crippen LogP contribution in [0.2, 0.25) is 0 Å². The molecule has 4 heteroatoms. The Labute approximate surface area is 309 Å². The highest BCUT2D eigenvalue weighted by molar-refractivity contribution is 5.97. The van der Waals surface area contributed by atoms with E-state index in [1.54, 1.807) is 18.2 Å². The van der Waals surface area contributed by atoms with Crippen LogP contribution in [0.3, 0.4) is 0 Å². The van der Waals surface area contributed by atoms with Crippen molar-refractivity contribution in [1.82, 2.24) is 0 Å². The van der Waals surface area contributed by atoms with Gasteiger partial charge in [0.25, 0.3) is 0 Å². The Balaban J connectivity index is 1.52. The summed E-state index contributed by atoms with van der Waals surface area (Å²) in [6, 6.07) is 60.1. The maximum absolute atomic E-state index is 10.6. The molecule has 1 aliphatic carbocycles. The van der Waals surface area contributed by atoms with Crippen LogP contribution in [0.5, 0.6) is 0 Å². The molecule has 0 aliphatic heterocycles. The van der Waals surface area contributed by atoms with Crippen molar-refractivity contribution in [3.05, 3.63) is 202 Å². The summed E-state index contributed by atoms with van der Waals surface area (Å²) in [5.74, 6) is -0.691. The van der Waals surface area contributed by atoms with Crippen molar-refractivity contribution in [2.24, 2.45) is 0 Å². The van der Waals surface area contributed by atoms with Crippen LogP contribution in [0.1, 0.15) is 68.8 Å². The van der Waals surface area contributed by atoms with Gasteiger partial charge in [-0.25, -0.2) is 0 Å². The van der Waals surface area contributed by atoms with Crippen molar-refractivity contribution < 1.29 is 0 Å². The Morgan fingerprint density at radius 2 is 0.868 bits per heavy atom. The van der Waals surface area contributed by atoms with Gasteiger partial charge in [0.05, 0.1) is 46.5 Å². The molecule has 7 aromatic rings. The molecule has 0 heterocycles. The minimum atomic E-state index is -0.512. The molecular formula is C49H30N4. The molecule has 0 saturated carbocycles. The highest BCUT2D eigenvalue weighted by Gasteiger charge is 2.36. The number of fused-ring (bicyclic) bond motifs is 2. The second-order valence-electron chi connectivity index (χ2n) is 13.3. The summed E-state index contributed by atoms with van der Waals surface area (Å²) in [5.41, 5.74) is 14.6. The molecule has 7 aromatic carbocycles. The fourth-order valence-electron chi connectivity index (χ4n) is 8.01.